The molecular weight excluding hydrogens is 841 g/mol. The first kappa shape index (κ1) is 32.6. The van der Waals surface area contributed by atoms with Gasteiger partial charge in [-0.1, -0.05) is 168 Å². The molecular formula is C64H66N4O. The van der Waals surface area contributed by atoms with Gasteiger partial charge in [-0.15, -0.1) is 0 Å². The van der Waals surface area contributed by atoms with Gasteiger partial charge in [-0.05, 0) is 122 Å². The highest BCUT2D eigenvalue weighted by atomic mass is 16.5. The number of benzene rings is 7. The lowest BCUT2D eigenvalue weighted by molar-refractivity contribution is 0.483. The minimum absolute atomic E-state index is 0.00253. The van der Waals surface area contributed by atoms with Crippen LogP contribution in [0.3, 0.4) is 0 Å². The fourth-order valence-electron chi connectivity index (χ4n) is 8.99. The minimum atomic E-state index is -0.621. The molecule has 5 nitrogen and oxygen atoms in total. The Labute approximate surface area is 428 Å². The summed E-state index contributed by atoms with van der Waals surface area (Å²) in [6.07, 6.45) is -0.343. The predicted octanol–water partition coefficient (Wildman–Crippen LogP) is 17.7. The molecule has 7 aromatic carbocycles. The molecule has 9 aromatic rings. The molecule has 0 bridgehead atoms. The maximum atomic E-state index is 9.49. The maximum absolute atomic E-state index is 9.49. The molecule has 0 aliphatic carbocycles. The molecule has 0 fully saturated rings. The third kappa shape index (κ3) is 8.69. The van der Waals surface area contributed by atoms with Crippen molar-refractivity contribution < 1.29 is 22.6 Å². The molecule has 2 aromatic heterocycles. The van der Waals surface area contributed by atoms with Gasteiger partial charge < -0.3 is 14.5 Å². The van der Waals surface area contributed by atoms with Crippen molar-refractivity contribution in [2.75, 3.05) is 16.5 Å². The highest BCUT2D eigenvalue weighted by Gasteiger charge is 2.34. The number of ether oxygens (including phenoxy) is 1. The fraction of sp³-hybridized carbons (Fsp3) is 0.266. The fourth-order valence-corrected chi connectivity index (χ4v) is 8.99. The Morgan fingerprint density at radius 2 is 1.07 bits per heavy atom. The van der Waals surface area contributed by atoms with E-state index < -0.39 is 53.1 Å². The van der Waals surface area contributed by atoms with Crippen molar-refractivity contribution in [3.63, 3.8) is 0 Å². The van der Waals surface area contributed by atoms with Gasteiger partial charge in [-0.3, -0.25) is 4.57 Å². The number of hydrogen-bond acceptors (Lipinski definition) is 4. The first-order valence-corrected chi connectivity index (χ1v) is 23.5. The molecule has 69 heavy (non-hydrogen) atoms. The summed E-state index contributed by atoms with van der Waals surface area (Å²) in [7, 11) is 0. The molecule has 0 spiro atoms. The van der Waals surface area contributed by atoms with Crippen molar-refractivity contribution in [3.05, 3.63) is 192 Å². The van der Waals surface area contributed by atoms with E-state index in [1.807, 2.05) is 69.3 Å². The van der Waals surface area contributed by atoms with E-state index in [-0.39, 0.29) is 98.6 Å². The van der Waals surface area contributed by atoms with Crippen LogP contribution in [0.1, 0.15) is 123 Å². The number of aromatic nitrogens is 2. The predicted molar refractivity (Wildman–Crippen MR) is 293 cm³/mol. The Bertz CT molecular complexity index is 4100. The van der Waals surface area contributed by atoms with Gasteiger partial charge in [-0.25, -0.2) is 4.98 Å². The third-order valence-corrected chi connectivity index (χ3v) is 13.0. The third-order valence-electron chi connectivity index (χ3n) is 13.0. The summed E-state index contributed by atoms with van der Waals surface area (Å²) < 4.78 is 125. The average molecular weight is 920 g/mol. The second-order valence-corrected chi connectivity index (χ2v) is 22.1. The number of fused-ring (bicyclic) bond motifs is 4. The van der Waals surface area contributed by atoms with Gasteiger partial charge in [0.15, 0.2) is 0 Å². The van der Waals surface area contributed by atoms with Crippen LogP contribution in [-0.4, -0.2) is 16.2 Å². The normalized spacial score (nSPS) is 16.0. The lowest BCUT2D eigenvalue weighted by Gasteiger charge is -2.31. The number of pyridine rings is 1. The summed E-state index contributed by atoms with van der Waals surface area (Å²) in [6, 6.07) is 24.5. The molecule has 0 saturated carbocycles. The van der Waals surface area contributed by atoms with E-state index in [4.69, 9.17) is 17.1 Å². The number of para-hydroxylation sites is 3. The SMILES string of the molecule is [2H]c1nc(-n2c3cc(Oc4cccc(N5CN(c6c(-c7cc(C(C)(C)C)cc(C(C)(C)C)c7)cc(C(C)(C)C)cc6-c6c([2H])c([2H])c([2H])c([2H])c6[2H])c6ccccc65)c4)c([2H])c([2H])c3c3c([2H])c([2H])c([2H])c([2H])c32)cc(C(C)(C)C)c1[2H]. The molecule has 1 aliphatic heterocycles. The van der Waals surface area contributed by atoms with E-state index in [0.717, 1.165) is 39.2 Å². The Morgan fingerprint density at radius 3 is 1.74 bits per heavy atom. The van der Waals surface area contributed by atoms with Crippen molar-refractivity contribution >= 4 is 44.6 Å². The molecule has 3 heterocycles. The largest absolute Gasteiger partial charge is 0.457 e. The van der Waals surface area contributed by atoms with Crippen LogP contribution in [0.4, 0.5) is 22.7 Å². The van der Waals surface area contributed by atoms with Gasteiger partial charge >= 0.3 is 0 Å². The number of hydrogen-bond donors (Lipinski definition) is 0. The lowest BCUT2D eigenvalue weighted by Crippen LogP contribution is -2.25. The van der Waals surface area contributed by atoms with Gasteiger partial charge in [-0.2, -0.15) is 0 Å². The van der Waals surface area contributed by atoms with E-state index in [1.165, 1.54) is 10.6 Å². The monoisotopic (exact) mass is 920 g/mol. The number of nitrogens with zero attached hydrogens (tertiary/aromatic N) is 4. The van der Waals surface area contributed by atoms with Crippen LogP contribution < -0.4 is 14.5 Å². The van der Waals surface area contributed by atoms with Crippen molar-refractivity contribution in [1.82, 2.24) is 9.55 Å². The molecule has 5 heteroatoms. The number of anilines is 4. The summed E-state index contributed by atoms with van der Waals surface area (Å²) in [4.78, 5) is 8.71. The van der Waals surface area contributed by atoms with E-state index in [2.05, 4.69) is 101 Å². The van der Waals surface area contributed by atoms with Crippen LogP contribution in [0.15, 0.2) is 170 Å². The minimum Gasteiger partial charge on any atom is -0.457 e. The lowest BCUT2D eigenvalue weighted by atomic mass is 9.77. The quantitative estimate of drug-likeness (QED) is 0.159. The van der Waals surface area contributed by atoms with E-state index in [1.54, 1.807) is 12.1 Å². The molecule has 10 rings (SSSR count). The molecule has 1 aliphatic rings. The molecule has 0 atom stereocenters. The van der Waals surface area contributed by atoms with Crippen LogP contribution in [0.5, 0.6) is 11.5 Å². The van der Waals surface area contributed by atoms with Gasteiger partial charge in [0.05, 0.1) is 45.9 Å². The summed E-state index contributed by atoms with van der Waals surface area (Å²) in [5.74, 6) is 0.327. The second kappa shape index (κ2) is 16.8. The average Bonchev–Trinajstić information content (AvgIpc) is 4.13. The zero-order valence-electron chi connectivity index (χ0n) is 54.6. The first-order chi connectivity index (χ1) is 38.1. The first-order valence-electron chi connectivity index (χ1n) is 30.0. The Hall–Kier alpha value is -7.11. The van der Waals surface area contributed by atoms with Gasteiger partial charge in [0.25, 0.3) is 0 Å². The molecule has 0 saturated heterocycles. The molecule has 0 unspecified atom stereocenters. The van der Waals surface area contributed by atoms with Gasteiger partial charge in [0.1, 0.15) is 24.0 Å². The van der Waals surface area contributed by atoms with Gasteiger partial charge in [0, 0.05) is 45.9 Å². The second-order valence-electron chi connectivity index (χ2n) is 22.1. The van der Waals surface area contributed by atoms with E-state index in [9.17, 15) is 5.48 Å². The highest BCUT2D eigenvalue weighted by molar-refractivity contribution is 6.09. The summed E-state index contributed by atoms with van der Waals surface area (Å²) in [6.45, 7) is 25.3. The summed E-state index contributed by atoms with van der Waals surface area (Å²) in [5, 5.41) is 0.0773. The van der Waals surface area contributed by atoms with E-state index in [0.29, 0.717) is 22.5 Å². The molecule has 0 amide bonds. The van der Waals surface area contributed by atoms with Crippen molar-refractivity contribution in [2.45, 2.75) is 105 Å². The summed E-state index contributed by atoms with van der Waals surface area (Å²) in [5.41, 5.74) is 7.39. The van der Waals surface area contributed by atoms with Crippen LogP contribution in [-0.2, 0) is 21.7 Å². The van der Waals surface area contributed by atoms with Crippen molar-refractivity contribution in [2.24, 2.45) is 0 Å². The summed E-state index contributed by atoms with van der Waals surface area (Å²) >= 11 is 0. The Balaban J connectivity index is 1.18. The Morgan fingerprint density at radius 1 is 0.478 bits per heavy atom. The topological polar surface area (TPSA) is 33.5 Å². The smallest absolute Gasteiger partial charge is 0.137 e. The Kier molecular flexibility index (Phi) is 7.96. The molecule has 0 N–H and O–H groups in total. The zero-order chi connectivity index (χ0) is 59.9. The standard InChI is InChI=1S/C64H66N4O/c1-61(2,3)44-31-32-65-59(38-44)68-55-26-17-16-25-51(55)52-30-29-50(40-58(52)68)69-49-24-20-23-48(39-49)66-41-67(57-28-19-18-27-56(57)66)60-53(42-21-14-13-15-22-42)36-47(64(10,11)12)37-54(60)43-33-45(62(4,5)6)35-46(34-43)63(7,8)9/h13-40H,41H2,1-12H3/i13D,14D,15D,16D,17D,21D,22D,25D,26D,29D,30D,31D,32D. The van der Waals surface area contributed by atoms with Crippen LogP contribution in [0.25, 0.3) is 49.9 Å². The van der Waals surface area contributed by atoms with Crippen LogP contribution in [0.2, 0.25) is 0 Å². The van der Waals surface area contributed by atoms with Crippen LogP contribution in [0, 0.1) is 0 Å². The zero-order valence-corrected chi connectivity index (χ0v) is 41.6. The van der Waals surface area contributed by atoms with Crippen molar-refractivity contribution in [3.8, 4) is 39.6 Å². The van der Waals surface area contributed by atoms with Crippen molar-refractivity contribution in [1.29, 1.82) is 0 Å². The van der Waals surface area contributed by atoms with E-state index >= 15 is 0 Å². The molecule has 348 valence electrons. The molecule has 0 radical (unpaired) electrons. The number of rotatable bonds is 7. The van der Waals surface area contributed by atoms with Gasteiger partial charge in [0.2, 0.25) is 0 Å². The highest BCUT2D eigenvalue weighted by Crippen LogP contribution is 2.52. The van der Waals surface area contributed by atoms with Crippen LogP contribution >= 0.6 is 0 Å². The maximum Gasteiger partial charge on any atom is 0.137 e.